The van der Waals surface area contributed by atoms with E-state index in [1.165, 1.54) is 0 Å². The number of rotatable bonds is 20. The SMILES string of the molecule is C=CC(=O)OCCNC(=O)OCCCCCCCCOC(=O)NCCC[Si](OC)(OC)OC. The van der Waals surface area contributed by atoms with E-state index < -0.39 is 27.0 Å². The number of carbonyl (C=O) groups excluding carboxylic acids is 3. The number of hydrogen-bond donors (Lipinski definition) is 2. The highest BCUT2D eigenvalue weighted by Crippen LogP contribution is 2.14. The molecule has 0 aromatic heterocycles. The smallest absolute Gasteiger partial charge is 0.461 e. The van der Waals surface area contributed by atoms with Crippen molar-refractivity contribution in [3.63, 3.8) is 0 Å². The van der Waals surface area contributed by atoms with E-state index in [0.717, 1.165) is 44.6 Å². The maximum Gasteiger partial charge on any atom is 0.500 e. The van der Waals surface area contributed by atoms with Crippen molar-refractivity contribution in [3.05, 3.63) is 12.7 Å². The molecule has 0 aromatic carbocycles. The highest BCUT2D eigenvalue weighted by Gasteiger charge is 2.36. The number of esters is 1. The Hall–Kier alpha value is -2.15. The van der Waals surface area contributed by atoms with Crippen LogP contribution in [-0.4, -0.2) is 81.2 Å². The molecule has 2 amide bonds. The van der Waals surface area contributed by atoms with Gasteiger partial charge in [0, 0.05) is 40.0 Å². The second-order valence-corrected chi connectivity index (χ2v) is 10.1. The molecule has 0 saturated heterocycles. The molecule has 0 aliphatic rings. The summed E-state index contributed by atoms with van der Waals surface area (Å²) in [4.78, 5) is 33.9. The molecule has 0 radical (unpaired) electrons. The van der Waals surface area contributed by atoms with E-state index in [2.05, 4.69) is 17.2 Å². The summed E-state index contributed by atoms with van der Waals surface area (Å²) in [5, 5.41) is 5.20. The molecule has 192 valence electrons. The first kappa shape index (κ1) is 30.8. The molecule has 33 heavy (non-hydrogen) atoms. The van der Waals surface area contributed by atoms with Gasteiger partial charge >= 0.3 is 27.0 Å². The third-order valence-electron chi connectivity index (χ3n) is 4.65. The predicted molar refractivity (Wildman–Crippen MR) is 124 cm³/mol. The van der Waals surface area contributed by atoms with Gasteiger partial charge in [0.2, 0.25) is 0 Å². The minimum absolute atomic E-state index is 0.0739. The van der Waals surface area contributed by atoms with Crippen molar-refractivity contribution in [2.75, 3.05) is 54.2 Å². The maximum atomic E-state index is 11.7. The second kappa shape index (κ2) is 20.5. The zero-order valence-electron chi connectivity index (χ0n) is 20.2. The number of carbonyl (C=O) groups is 3. The van der Waals surface area contributed by atoms with Gasteiger partial charge in [0.15, 0.2) is 0 Å². The zero-order valence-corrected chi connectivity index (χ0v) is 21.2. The quantitative estimate of drug-likeness (QED) is 0.0866. The molecule has 0 saturated carbocycles. The van der Waals surface area contributed by atoms with Gasteiger partial charge in [0.1, 0.15) is 6.61 Å². The molecule has 0 bridgehead atoms. The fraction of sp³-hybridized carbons (Fsp3) is 0.762. The zero-order chi connectivity index (χ0) is 24.8. The monoisotopic (exact) mass is 492 g/mol. The average Bonchev–Trinajstić information content (AvgIpc) is 2.83. The van der Waals surface area contributed by atoms with Crippen molar-refractivity contribution in [2.45, 2.75) is 51.0 Å². The van der Waals surface area contributed by atoms with Gasteiger partial charge in [0.05, 0.1) is 19.8 Å². The molecule has 0 spiro atoms. The van der Waals surface area contributed by atoms with Gasteiger partial charge in [-0.05, 0) is 19.3 Å². The van der Waals surface area contributed by atoms with E-state index >= 15 is 0 Å². The first-order chi connectivity index (χ1) is 15.9. The van der Waals surface area contributed by atoms with Crippen LogP contribution in [0.5, 0.6) is 0 Å². The van der Waals surface area contributed by atoms with E-state index in [-0.39, 0.29) is 13.2 Å². The molecule has 0 aliphatic heterocycles. The molecule has 0 rings (SSSR count). The fourth-order valence-corrected chi connectivity index (χ4v) is 4.48. The van der Waals surface area contributed by atoms with Gasteiger partial charge in [-0.1, -0.05) is 32.3 Å². The van der Waals surface area contributed by atoms with Crippen molar-refractivity contribution in [1.82, 2.24) is 10.6 Å². The summed E-state index contributed by atoms with van der Waals surface area (Å²) in [6, 6.07) is 0.611. The van der Waals surface area contributed by atoms with E-state index in [9.17, 15) is 14.4 Å². The Bertz CT molecular complexity index is 552. The van der Waals surface area contributed by atoms with Gasteiger partial charge in [-0.25, -0.2) is 14.4 Å². The summed E-state index contributed by atoms with van der Waals surface area (Å²) in [6.45, 7) is 4.72. The molecule has 0 fully saturated rings. The Morgan fingerprint density at radius 3 is 1.67 bits per heavy atom. The van der Waals surface area contributed by atoms with Crippen LogP contribution in [0.4, 0.5) is 9.59 Å². The molecule has 12 heteroatoms. The summed E-state index contributed by atoms with van der Waals surface area (Å²) in [5.74, 6) is -0.531. The number of nitrogens with one attached hydrogen (secondary N) is 2. The van der Waals surface area contributed by atoms with Gasteiger partial charge in [-0.15, -0.1) is 0 Å². The first-order valence-electron chi connectivity index (χ1n) is 11.2. The summed E-state index contributed by atoms with van der Waals surface area (Å²) < 4.78 is 30.9. The Kier molecular flexibility index (Phi) is 19.1. The van der Waals surface area contributed by atoms with Crippen molar-refractivity contribution >= 4 is 27.0 Å². The van der Waals surface area contributed by atoms with Crippen molar-refractivity contribution in [1.29, 1.82) is 0 Å². The van der Waals surface area contributed by atoms with Crippen LogP contribution >= 0.6 is 0 Å². The number of unbranched alkanes of at least 4 members (excludes halogenated alkanes) is 5. The predicted octanol–water partition coefficient (Wildman–Crippen LogP) is 2.78. The molecule has 2 N–H and O–H groups in total. The summed E-state index contributed by atoms with van der Waals surface area (Å²) in [5.41, 5.74) is 0. The topological polar surface area (TPSA) is 131 Å². The van der Waals surface area contributed by atoms with Crippen LogP contribution in [0.1, 0.15) is 44.9 Å². The molecular formula is C21H40N2O9Si. The molecular weight excluding hydrogens is 452 g/mol. The minimum Gasteiger partial charge on any atom is -0.461 e. The molecule has 11 nitrogen and oxygen atoms in total. The standard InChI is InChI=1S/C21H40N2O9Si/c1-5-19(24)30-17-14-23-21(26)32-16-11-9-7-6-8-10-15-31-20(25)22-13-12-18-33(27-2,28-3)29-4/h5H,1,6-18H2,2-4H3,(H,22,25)(H,23,26). The Labute approximate surface area is 197 Å². The van der Waals surface area contributed by atoms with Crippen LogP contribution in [0.25, 0.3) is 0 Å². The van der Waals surface area contributed by atoms with Crippen molar-refractivity contribution in [3.8, 4) is 0 Å². The van der Waals surface area contributed by atoms with Crippen LogP contribution in [0.15, 0.2) is 12.7 Å². The summed E-state index contributed by atoms with van der Waals surface area (Å²) in [6.07, 6.45) is 6.29. The van der Waals surface area contributed by atoms with E-state index in [4.69, 9.17) is 27.5 Å². The number of alkyl carbamates (subject to hydrolysis) is 2. The van der Waals surface area contributed by atoms with Gasteiger partial charge in [0.25, 0.3) is 0 Å². The van der Waals surface area contributed by atoms with Crippen LogP contribution in [0.3, 0.4) is 0 Å². The third kappa shape index (κ3) is 17.0. The lowest BCUT2D eigenvalue weighted by molar-refractivity contribution is -0.137. The molecule has 0 atom stereocenters. The molecule has 0 heterocycles. The minimum atomic E-state index is -2.60. The highest BCUT2D eigenvalue weighted by molar-refractivity contribution is 6.60. The van der Waals surface area contributed by atoms with Gasteiger partial charge in [-0.3, -0.25) is 0 Å². The Morgan fingerprint density at radius 2 is 1.18 bits per heavy atom. The number of amides is 2. The molecule has 0 unspecified atom stereocenters. The van der Waals surface area contributed by atoms with Crippen LogP contribution < -0.4 is 10.6 Å². The lowest BCUT2D eigenvalue weighted by Gasteiger charge is -2.24. The van der Waals surface area contributed by atoms with E-state index in [0.29, 0.717) is 32.2 Å². The fourth-order valence-electron chi connectivity index (χ4n) is 2.76. The first-order valence-corrected chi connectivity index (χ1v) is 13.1. The lowest BCUT2D eigenvalue weighted by Crippen LogP contribution is -2.43. The normalized spacial score (nSPS) is 10.9. The number of ether oxygens (including phenoxy) is 3. The Morgan fingerprint density at radius 1 is 0.697 bits per heavy atom. The van der Waals surface area contributed by atoms with Crippen molar-refractivity contribution in [2.24, 2.45) is 0 Å². The van der Waals surface area contributed by atoms with E-state index in [1.54, 1.807) is 21.3 Å². The Balaban J connectivity index is 3.46. The van der Waals surface area contributed by atoms with Crippen LogP contribution in [0.2, 0.25) is 6.04 Å². The maximum absolute atomic E-state index is 11.7. The van der Waals surface area contributed by atoms with Crippen molar-refractivity contribution < 1.29 is 41.9 Å². The van der Waals surface area contributed by atoms with Gasteiger partial charge in [-0.2, -0.15) is 0 Å². The highest BCUT2D eigenvalue weighted by atomic mass is 28.4. The summed E-state index contributed by atoms with van der Waals surface area (Å²) in [7, 11) is 2.08. The second-order valence-electron chi connectivity index (χ2n) is 7.02. The van der Waals surface area contributed by atoms with E-state index in [1.807, 2.05) is 0 Å². The average molecular weight is 493 g/mol. The largest absolute Gasteiger partial charge is 0.500 e. The van der Waals surface area contributed by atoms with Gasteiger partial charge < -0.3 is 38.1 Å². The third-order valence-corrected chi connectivity index (χ3v) is 7.48. The molecule has 0 aromatic rings. The van der Waals surface area contributed by atoms with Crippen LogP contribution in [-0.2, 0) is 32.3 Å². The van der Waals surface area contributed by atoms with Crippen LogP contribution in [0, 0.1) is 0 Å². The lowest BCUT2D eigenvalue weighted by atomic mass is 10.1. The number of hydrogen-bond acceptors (Lipinski definition) is 9. The summed E-state index contributed by atoms with van der Waals surface area (Å²) >= 11 is 0. The molecule has 0 aliphatic carbocycles.